The van der Waals surface area contributed by atoms with Gasteiger partial charge in [-0.05, 0) is 37.1 Å². The summed E-state index contributed by atoms with van der Waals surface area (Å²) in [6.07, 6.45) is 4.28. The molecular weight excluding hydrogens is 332 g/mol. The van der Waals surface area contributed by atoms with Gasteiger partial charge in [-0.1, -0.05) is 13.0 Å². The van der Waals surface area contributed by atoms with Crippen molar-refractivity contribution >= 4 is 17.9 Å². The third-order valence-electron chi connectivity index (χ3n) is 4.18. The molecule has 0 saturated carbocycles. The predicted molar refractivity (Wildman–Crippen MR) is 101 cm³/mol. The fraction of sp³-hybridized carbons (Fsp3) is 0.500. The molecule has 1 aliphatic heterocycles. The molecule has 0 aromatic heterocycles. The highest BCUT2D eigenvalue weighted by Crippen LogP contribution is 2.29. The van der Waals surface area contributed by atoms with Gasteiger partial charge in [-0.15, -0.1) is 0 Å². The first-order valence-electron chi connectivity index (χ1n) is 9.17. The van der Waals surface area contributed by atoms with Crippen LogP contribution in [0.4, 0.5) is 0 Å². The molecular formula is C20H28N2O4. The molecule has 2 rings (SSSR count). The summed E-state index contributed by atoms with van der Waals surface area (Å²) in [4.78, 5) is 27.2. The zero-order valence-electron chi connectivity index (χ0n) is 15.9. The Kier molecular flexibility index (Phi) is 7.51. The molecule has 1 fully saturated rings. The zero-order valence-corrected chi connectivity index (χ0v) is 15.9. The summed E-state index contributed by atoms with van der Waals surface area (Å²) < 4.78 is 11.3. The summed E-state index contributed by atoms with van der Waals surface area (Å²) in [6, 6.07) is 5.66. The van der Waals surface area contributed by atoms with Gasteiger partial charge in [0.25, 0.3) is 0 Å². The van der Waals surface area contributed by atoms with Gasteiger partial charge in [0.1, 0.15) is 0 Å². The summed E-state index contributed by atoms with van der Waals surface area (Å²) >= 11 is 0. The Labute approximate surface area is 155 Å². The van der Waals surface area contributed by atoms with Crippen LogP contribution in [0, 0.1) is 0 Å². The second-order valence-electron chi connectivity index (χ2n) is 6.15. The van der Waals surface area contributed by atoms with Crippen LogP contribution in [0.1, 0.15) is 32.8 Å². The number of hydrogen-bond acceptors (Lipinski definition) is 4. The summed E-state index contributed by atoms with van der Waals surface area (Å²) in [5.41, 5.74) is 0.882. The van der Waals surface area contributed by atoms with Crippen molar-refractivity contribution in [2.24, 2.45) is 0 Å². The van der Waals surface area contributed by atoms with Crippen molar-refractivity contribution in [3.05, 3.63) is 29.8 Å². The maximum atomic E-state index is 12.3. The van der Waals surface area contributed by atoms with E-state index in [2.05, 4.69) is 6.92 Å². The molecule has 0 unspecified atom stereocenters. The average Bonchev–Trinajstić information content (AvgIpc) is 2.65. The molecule has 142 valence electrons. The molecule has 1 saturated heterocycles. The van der Waals surface area contributed by atoms with E-state index in [0.717, 1.165) is 17.7 Å². The number of carbonyl (C=O) groups is 2. The molecule has 0 N–H and O–H groups in total. The van der Waals surface area contributed by atoms with Gasteiger partial charge in [0, 0.05) is 39.2 Å². The number of carbonyl (C=O) groups excluding carboxylic acids is 2. The van der Waals surface area contributed by atoms with Crippen molar-refractivity contribution in [3.63, 3.8) is 0 Å². The van der Waals surface area contributed by atoms with E-state index in [1.54, 1.807) is 28.9 Å². The highest BCUT2D eigenvalue weighted by Gasteiger charge is 2.20. The van der Waals surface area contributed by atoms with Gasteiger partial charge in [0.15, 0.2) is 11.5 Å². The average molecular weight is 360 g/mol. The zero-order chi connectivity index (χ0) is 18.9. The largest absolute Gasteiger partial charge is 0.490 e. The van der Waals surface area contributed by atoms with Crippen LogP contribution in [-0.2, 0) is 9.59 Å². The van der Waals surface area contributed by atoms with E-state index < -0.39 is 0 Å². The quantitative estimate of drug-likeness (QED) is 0.701. The monoisotopic (exact) mass is 360 g/mol. The molecule has 0 bridgehead atoms. The van der Waals surface area contributed by atoms with Crippen LogP contribution in [0.2, 0.25) is 0 Å². The van der Waals surface area contributed by atoms with E-state index in [-0.39, 0.29) is 11.8 Å². The molecule has 0 radical (unpaired) electrons. The van der Waals surface area contributed by atoms with Gasteiger partial charge in [0.2, 0.25) is 11.8 Å². The molecule has 6 nitrogen and oxygen atoms in total. The van der Waals surface area contributed by atoms with Gasteiger partial charge in [0.05, 0.1) is 13.2 Å². The first-order valence-corrected chi connectivity index (χ1v) is 9.17. The van der Waals surface area contributed by atoms with E-state index in [1.807, 2.05) is 25.1 Å². The summed E-state index contributed by atoms with van der Waals surface area (Å²) in [6.45, 7) is 9.04. The first kappa shape index (κ1) is 19.8. The van der Waals surface area contributed by atoms with Gasteiger partial charge >= 0.3 is 0 Å². The molecule has 1 aliphatic rings. The van der Waals surface area contributed by atoms with Gasteiger partial charge in [-0.3, -0.25) is 9.59 Å². The van der Waals surface area contributed by atoms with Gasteiger partial charge in [-0.2, -0.15) is 0 Å². The number of benzene rings is 1. The number of rotatable bonds is 7. The van der Waals surface area contributed by atoms with Crippen molar-refractivity contribution in [3.8, 4) is 11.5 Å². The van der Waals surface area contributed by atoms with Crippen LogP contribution in [0.3, 0.4) is 0 Å². The Morgan fingerprint density at radius 1 is 1.04 bits per heavy atom. The van der Waals surface area contributed by atoms with Crippen molar-refractivity contribution in [2.45, 2.75) is 27.2 Å². The minimum absolute atomic E-state index is 0.0440. The van der Waals surface area contributed by atoms with Crippen LogP contribution in [-0.4, -0.2) is 61.0 Å². The molecule has 1 aromatic carbocycles. The minimum Gasteiger partial charge on any atom is -0.490 e. The highest BCUT2D eigenvalue weighted by molar-refractivity contribution is 5.92. The van der Waals surface area contributed by atoms with Crippen LogP contribution in [0.15, 0.2) is 24.3 Å². The van der Waals surface area contributed by atoms with Crippen molar-refractivity contribution in [2.75, 3.05) is 39.4 Å². The molecule has 1 heterocycles. The Bertz CT molecular complexity index is 649. The van der Waals surface area contributed by atoms with Crippen molar-refractivity contribution in [1.29, 1.82) is 0 Å². The number of hydrogen-bond donors (Lipinski definition) is 0. The van der Waals surface area contributed by atoms with E-state index >= 15 is 0 Å². The Morgan fingerprint density at radius 3 is 2.35 bits per heavy atom. The molecule has 1 aromatic rings. The second kappa shape index (κ2) is 9.85. The smallest absolute Gasteiger partial charge is 0.246 e. The highest BCUT2D eigenvalue weighted by atomic mass is 16.5. The number of amides is 2. The topological polar surface area (TPSA) is 59.1 Å². The number of nitrogens with zero attached hydrogens (tertiary/aromatic N) is 2. The fourth-order valence-electron chi connectivity index (χ4n) is 2.74. The first-order chi connectivity index (χ1) is 12.5. The Morgan fingerprint density at radius 2 is 1.73 bits per heavy atom. The van der Waals surface area contributed by atoms with E-state index in [1.165, 1.54) is 0 Å². The second-order valence-corrected chi connectivity index (χ2v) is 6.15. The molecule has 26 heavy (non-hydrogen) atoms. The van der Waals surface area contributed by atoms with E-state index in [9.17, 15) is 9.59 Å². The Balaban J connectivity index is 1.99. The third-order valence-corrected chi connectivity index (χ3v) is 4.18. The van der Waals surface area contributed by atoms with Crippen LogP contribution in [0.5, 0.6) is 11.5 Å². The van der Waals surface area contributed by atoms with Crippen LogP contribution >= 0.6 is 0 Å². The van der Waals surface area contributed by atoms with Gasteiger partial charge < -0.3 is 19.3 Å². The number of ether oxygens (including phenoxy) is 2. The normalized spacial score (nSPS) is 14.6. The molecule has 2 amide bonds. The maximum absolute atomic E-state index is 12.3. The SMILES string of the molecule is CCCOc1ccc(/C=C/C(=O)N2CCN(C(C)=O)CC2)cc1OCC. The van der Waals surface area contributed by atoms with Crippen LogP contribution < -0.4 is 9.47 Å². The molecule has 0 spiro atoms. The van der Waals surface area contributed by atoms with Crippen molar-refractivity contribution < 1.29 is 19.1 Å². The van der Waals surface area contributed by atoms with E-state index in [0.29, 0.717) is 45.1 Å². The van der Waals surface area contributed by atoms with E-state index in [4.69, 9.17) is 9.47 Å². The summed E-state index contributed by atoms with van der Waals surface area (Å²) in [7, 11) is 0. The lowest BCUT2D eigenvalue weighted by molar-refractivity contribution is -0.135. The maximum Gasteiger partial charge on any atom is 0.246 e. The standard InChI is InChI=1S/C20H28N2O4/c1-4-14-26-18-8-6-17(15-19(18)25-5-2)7-9-20(24)22-12-10-21(11-13-22)16(3)23/h6-9,15H,4-5,10-14H2,1-3H3/b9-7+. The third kappa shape index (κ3) is 5.51. The fourth-order valence-corrected chi connectivity index (χ4v) is 2.74. The molecule has 6 heteroatoms. The predicted octanol–water partition coefficient (Wildman–Crippen LogP) is 2.58. The minimum atomic E-state index is -0.0440. The lowest BCUT2D eigenvalue weighted by Gasteiger charge is -2.33. The lowest BCUT2D eigenvalue weighted by Crippen LogP contribution is -2.49. The molecule has 0 aliphatic carbocycles. The van der Waals surface area contributed by atoms with Crippen LogP contribution in [0.25, 0.3) is 6.08 Å². The lowest BCUT2D eigenvalue weighted by atomic mass is 10.1. The molecule has 0 atom stereocenters. The van der Waals surface area contributed by atoms with Crippen molar-refractivity contribution in [1.82, 2.24) is 9.80 Å². The summed E-state index contributed by atoms with van der Waals surface area (Å²) in [5, 5.41) is 0. The number of piperazine rings is 1. The summed E-state index contributed by atoms with van der Waals surface area (Å²) in [5.74, 6) is 1.42. The van der Waals surface area contributed by atoms with Gasteiger partial charge in [-0.25, -0.2) is 0 Å². The Hall–Kier alpha value is -2.50.